The number of hydrogen-bond donors (Lipinski definition) is 5. The van der Waals surface area contributed by atoms with Gasteiger partial charge in [0.05, 0.1) is 6.33 Å². The summed E-state index contributed by atoms with van der Waals surface area (Å²) in [7, 11) is 0. The number of nitrogens with zero attached hydrogens (tertiary/aromatic N) is 1. The molecule has 0 atom stereocenters. The van der Waals surface area contributed by atoms with Gasteiger partial charge < -0.3 is 126 Å². The van der Waals surface area contributed by atoms with Crippen LogP contribution in [0, 0.1) is 0 Å². The van der Waals surface area contributed by atoms with E-state index in [0.717, 1.165) is 0 Å². The first-order valence-electron chi connectivity index (χ1n) is 6.47. The molecule has 0 amide bonds. The first-order chi connectivity index (χ1) is 11.8. The third kappa shape index (κ3) is 42.0. The quantitative estimate of drug-likeness (QED) is 0.131. The molecular weight excluding hydrogens is 593 g/mol. The van der Waals surface area contributed by atoms with Crippen molar-refractivity contribution >= 4 is 117 Å². The van der Waals surface area contributed by atoms with E-state index < -0.39 is 0 Å². The van der Waals surface area contributed by atoms with Crippen LogP contribution in [0.25, 0.3) is 0 Å². The molecule has 6 nitrogen and oxygen atoms in total. The monoisotopic (exact) mass is 607 g/mol. The van der Waals surface area contributed by atoms with Crippen molar-refractivity contribution in [3.63, 3.8) is 0 Å². The van der Waals surface area contributed by atoms with Crippen molar-refractivity contribution in [2.45, 2.75) is 0 Å². The number of rotatable bonds is 6. The van der Waals surface area contributed by atoms with Crippen LogP contribution < -0.4 is 21.3 Å². The Bertz CT molecular complexity index is 426. The summed E-state index contributed by atoms with van der Waals surface area (Å²) in [6.07, 6.45) is 5.08. The summed E-state index contributed by atoms with van der Waals surface area (Å²) in [6, 6.07) is 0. The van der Waals surface area contributed by atoms with Gasteiger partial charge in [0, 0.05) is 38.6 Å². The van der Waals surface area contributed by atoms with Gasteiger partial charge in [-0.1, -0.05) is 17.3 Å². The van der Waals surface area contributed by atoms with Crippen LogP contribution in [0.4, 0.5) is 0 Å². The van der Waals surface area contributed by atoms with Crippen LogP contribution in [-0.4, -0.2) is 53.4 Å². The van der Waals surface area contributed by atoms with E-state index in [1.807, 2.05) is 0 Å². The first-order valence-corrected chi connectivity index (χ1v) is 9.74. The van der Waals surface area contributed by atoms with Crippen molar-refractivity contribution in [2.75, 3.05) is 26.2 Å². The number of aromatic amines is 1. The zero-order chi connectivity index (χ0) is 19.5. The zero-order valence-electron chi connectivity index (χ0n) is 13.9. The molecule has 1 heterocycles. The summed E-state index contributed by atoms with van der Waals surface area (Å²) in [5, 5.41) is 11.1. The molecule has 0 aromatic carbocycles. The van der Waals surface area contributed by atoms with Gasteiger partial charge in [-0.15, -0.1) is 0 Å². The number of nitrogens with one attached hydrogen (secondary N) is 5. The molecule has 1 aromatic heterocycles. The fourth-order valence-corrected chi connectivity index (χ4v) is 1.69. The van der Waals surface area contributed by atoms with Gasteiger partial charge in [-0.05, 0) is 0 Å². The van der Waals surface area contributed by atoms with Gasteiger partial charge in [0.2, 0.25) is 0 Å². The minimum atomic E-state index is 0. The van der Waals surface area contributed by atoms with Gasteiger partial charge in [0.1, 0.15) is 0 Å². The van der Waals surface area contributed by atoms with Gasteiger partial charge in [0.15, 0.2) is 0 Å². The maximum Gasteiger partial charge on any atom is 2.00 e. The van der Waals surface area contributed by atoms with Crippen molar-refractivity contribution in [3.05, 3.63) is 18.7 Å². The molecule has 0 aliphatic heterocycles. The Morgan fingerprint density at radius 1 is 0.741 bits per heavy atom. The second-order valence-electron chi connectivity index (χ2n) is 3.62. The van der Waals surface area contributed by atoms with Crippen LogP contribution in [0.1, 0.15) is 0 Å². The van der Waals surface area contributed by atoms with Crippen molar-refractivity contribution in [2.24, 2.45) is 0 Å². The van der Waals surface area contributed by atoms with E-state index in [2.05, 4.69) is 131 Å². The minimum Gasteiger partial charge on any atom is -0.412 e. The van der Waals surface area contributed by atoms with E-state index in [4.69, 9.17) is 0 Å². The van der Waals surface area contributed by atoms with Crippen LogP contribution in [0.3, 0.4) is 0 Å². The van der Waals surface area contributed by atoms with Crippen molar-refractivity contribution in [1.82, 2.24) is 31.2 Å². The Hall–Kier alpha value is 0.793. The summed E-state index contributed by atoms with van der Waals surface area (Å²) in [6.45, 7) is 2.66. The third-order valence-electron chi connectivity index (χ3n) is 1.73. The fraction of sp³-hybridized carbons (Fsp3) is 0.364. The fourth-order valence-electron chi connectivity index (χ4n) is 0.873. The van der Waals surface area contributed by atoms with Crippen LogP contribution in [0.5, 0.6) is 0 Å². The predicted octanol–water partition coefficient (Wildman–Crippen LogP) is 0.0631. The van der Waals surface area contributed by atoms with E-state index in [1.54, 1.807) is 18.7 Å². The van der Waals surface area contributed by atoms with Crippen LogP contribution in [0.15, 0.2) is 18.7 Å². The molecule has 0 fully saturated rings. The van der Waals surface area contributed by atoms with E-state index in [9.17, 15) is 0 Å². The summed E-state index contributed by atoms with van der Waals surface area (Å²) >= 11 is 36.7. The standard InChI is InChI=1S/2C4H8N2S4.C3H4N2.Mn.Zn/c2*7-3(8)5-1-2-6-4(9)10;1-2-5-3-4-1;;/h2*1-2H2,(H2,5,7,8)(H2,6,9,10);1-3H,(H,4,5);;/q;;;2*+2/p-4. The van der Waals surface area contributed by atoms with Crippen LogP contribution in [-0.2, 0) is 87.1 Å². The molecule has 0 aliphatic rings. The Morgan fingerprint density at radius 2 is 1.04 bits per heavy atom. The second kappa shape index (κ2) is 26.8. The summed E-state index contributed by atoms with van der Waals surface area (Å²) in [5.41, 5.74) is 0. The van der Waals surface area contributed by atoms with Gasteiger partial charge in [-0.2, -0.15) is 0 Å². The summed E-state index contributed by atoms with van der Waals surface area (Å²) in [4.78, 5) is 6.42. The molecule has 0 saturated heterocycles. The Balaban J connectivity index is -0.000000148. The smallest absolute Gasteiger partial charge is 0.412 e. The van der Waals surface area contributed by atoms with E-state index in [0.29, 0.717) is 43.5 Å². The van der Waals surface area contributed by atoms with Gasteiger partial charge in [-0.3, -0.25) is 0 Å². The molecule has 1 radical (unpaired) electrons. The molecule has 27 heavy (non-hydrogen) atoms. The molecule has 0 spiro atoms. The second-order valence-corrected chi connectivity index (χ2v) is 7.92. The Kier molecular flexibility index (Phi) is 35.0. The molecule has 1 rings (SSSR count). The van der Waals surface area contributed by atoms with Crippen LogP contribution in [0.2, 0.25) is 0 Å². The molecule has 16 heteroatoms. The largest absolute Gasteiger partial charge is 2.00 e. The average Bonchev–Trinajstić information content (AvgIpc) is 3.08. The zero-order valence-corrected chi connectivity index (χ0v) is 24.5. The number of H-pyrrole nitrogens is 1. The molecule has 0 unspecified atom stereocenters. The molecule has 147 valence electrons. The minimum absolute atomic E-state index is 0. The van der Waals surface area contributed by atoms with Crippen LogP contribution >= 0.6 is 48.9 Å². The van der Waals surface area contributed by atoms with E-state index in [1.165, 1.54) is 0 Å². The maximum atomic E-state index is 4.59. The van der Waals surface area contributed by atoms with E-state index in [-0.39, 0.29) is 36.5 Å². The normalized spacial score (nSPS) is 7.70. The molecule has 1 aromatic rings. The first kappa shape index (κ1) is 35.2. The SMILES string of the molecule is S=C([S-])NCCNC(=S)[S-].S=C([S-])NCCNC(=S)[S-].[Mn+2].[Zn+2].c1c[nH]cn1. The number of aromatic nitrogens is 2. The van der Waals surface area contributed by atoms with E-state index >= 15 is 0 Å². The number of thiocarbonyl (C=S) groups is 4. The molecule has 0 bridgehead atoms. The van der Waals surface area contributed by atoms with Crippen molar-refractivity contribution < 1.29 is 36.5 Å². The van der Waals surface area contributed by atoms with Crippen molar-refractivity contribution in [1.29, 1.82) is 0 Å². The Morgan fingerprint density at radius 3 is 1.15 bits per heavy atom. The van der Waals surface area contributed by atoms with Gasteiger partial charge in [0.25, 0.3) is 0 Å². The van der Waals surface area contributed by atoms with Gasteiger partial charge >= 0.3 is 36.5 Å². The van der Waals surface area contributed by atoms with Gasteiger partial charge in [-0.25, -0.2) is 4.98 Å². The molecular formula is C11H16MnN6S8Zn. The molecule has 0 aliphatic carbocycles. The molecule has 0 saturated carbocycles. The Labute approximate surface area is 227 Å². The average molecular weight is 609 g/mol. The molecule has 5 N–H and O–H groups in total. The number of hydrogen-bond acceptors (Lipinski definition) is 9. The predicted molar refractivity (Wildman–Crippen MR) is 130 cm³/mol. The summed E-state index contributed by atoms with van der Waals surface area (Å²) in [5.74, 6) is 0. The third-order valence-corrected chi connectivity index (χ3v) is 2.89. The summed E-state index contributed by atoms with van der Waals surface area (Å²) < 4.78 is 1.49. The topological polar surface area (TPSA) is 76.8 Å². The maximum absolute atomic E-state index is 4.59. The number of imidazole rings is 1. The van der Waals surface area contributed by atoms with Crippen molar-refractivity contribution in [3.8, 4) is 0 Å².